The molecule has 2 aromatic heterocycles. The van der Waals surface area contributed by atoms with Crippen molar-refractivity contribution in [2.75, 3.05) is 0 Å². The van der Waals surface area contributed by atoms with Gasteiger partial charge in [-0.2, -0.15) is 0 Å². The van der Waals surface area contributed by atoms with Gasteiger partial charge in [0.25, 0.3) is 0 Å². The first kappa shape index (κ1) is 10.3. The summed E-state index contributed by atoms with van der Waals surface area (Å²) in [7, 11) is 2.00. The van der Waals surface area contributed by atoms with Crippen LogP contribution in [0.15, 0.2) is 23.3 Å². The number of aryl methyl sites for hydroxylation is 1. The molecule has 0 spiro atoms. The number of hydrogen-bond acceptors (Lipinski definition) is 4. The molecule has 2 rings (SSSR count). The molecule has 0 amide bonds. The molecule has 2 aromatic rings. The van der Waals surface area contributed by atoms with Crippen molar-refractivity contribution in [2.45, 2.75) is 19.5 Å². The monoisotopic (exact) mass is 222 g/mol. The third-order valence-electron chi connectivity index (χ3n) is 2.32. The molecule has 1 N–H and O–H groups in total. The summed E-state index contributed by atoms with van der Waals surface area (Å²) in [5.41, 5.74) is 2.93. The van der Waals surface area contributed by atoms with Crippen LogP contribution in [0.3, 0.4) is 0 Å². The third-order valence-corrected chi connectivity index (χ3v) is 2.95. The van der Waals surface area contributed by atoms with E-state index in [9.17, 15) is 0 Å². The van der Waals surface area contributed by atoms with E-state index in [2.05, 4.69) is 27.6 Å². The average Bonchev–Trinajstić information content (AvgIpc) is 2.84. The molecule has 0 fully saturated rings. The minimum absolute atomic E-state index is 0.242. The second-order valence-electron chi connectivity index (χ2n) is 3.48. The van der Waals surface area contributed by atoms with Gasteiger partial charge in [0.1, 0.15) is 5.82 Å². The van der Waals surface area contributed by atoms with Crippen molar-refractivity contribution in [1.82, 2.24) is 19.9 Å². The van der Waals surface area contributed by atoms with Crippen molar-refractivity contribution in [2.24, 2.45) is 7.05 Å². The number of imidazole rings is 1. The SMILES string of the molecule is CC(NCc1cscn1)c1nccn1C. The number of aromatic nitrogens is 3. The number of nitrogens with one attached hydrogen (secondary N) is 1. The first-order valence-electron chi connectivity index (χ1n) is 4.85. The molecule has 1 atom stereocenters. The van der Waals surface area contributed by atoms with Crippen molar-refractivity contribution in [3.05, 3.63) is 34.8 Å². The Hall–Kier alpha value is -1.20. The maximum absolute atomic E-state index is 4.30. The maximum Gasteiger partial charge on any atom is 0.125 e. The quantitative estimate of drug-likeness (QED) is 0.856. The van der Waals surface area contributed by atoms with Crippen LogP contribution in [-0.4, -0.2) is 14.5 Å². The number of rotatable bonds is 4. The summed E-state index contributed by atoms with van der Waals surface area (Å²) in [5, 5.41) is 5.44. The molecule has 0 aliphatic heterocycles. The predicted molar refractivity (Wildman–Crippen MR) is 60.6 cm³/mol. The van der Waals surface area contributed by atoms with E-state index in [0.717, 1.165) is 18.1 Å². The first-order chi connectivity index (χ1) is 7.27. The molecule has 0 saturated heterocycles. The fourth-order valence-electron chi connectivity index (χ4n) is 1.47. The Bertz CT molecular complexity index is 407. The van der Waals surface area contributed by atoms with E-state index in [-0.39, 0.29) is 6.04 Å². The topological polar surface area (TPSA) is 42.7 Å². The lowest BCUT2D eigenvalue weighted by molar-refractivity contribution is 0.526. The first-order valence-corrected chi connectivity index (χ1v) is 5.79. The zero-order chi connectivity index (χ0) is 10.7. The van der Waals surface area contributed by atoms with Gasteiger partial charge in [-0.25, -0.2) is 9.97 Å². The lowest BCUT2D eigenvalue weighted by atomic mass is 10.3. The van der Waals surface area contributed by atoms with Crippen molar-refractivity contribution in [1.29, 1.82) is 0 Å². The smallest absolute Gasteiger partial charge is 0.125 e. The van der Waals surface area contributed by atoms with Gasteiger partial charge in [0.15, 0.2) is 0 Å². The van der Waals surface area contributed by atoms with Crippen molar-refractivity contribution < 1.29 is 0 Å². The fraction of sp³-hybridized carbons (Fsp3) is 0.400. The Morgan fingerprint density at radius 2 is 2.40 bits per heavy atom. The van der Waals surface area contributed by atoms with E-state index in [1.807, 2.05) is 29.5 Å². The molecule has 15 heavy (non-hydrogen) atoms. The summed E-state index contributed by atoms with van der Waals surface area (Å²) in [6.45, 7) is 2.90. The van der Waals surface area contributed by atoms with Crippen LogP contribution >= 0.6 is 11.3 Å². The highest BCUT2D eigenvalue weighted by Crippen LogP contribution is 2.09. The Kier molecular flexibility index (Phi) is 3.13. The highest BCUT2D eigenvalue weighted by atomic mass is 32.1. The van der Waals surface area contributed by atoms with Crippen molar-refractivity contribution in [3.8, 4) is 0 Å². The number of thiazole rings is 1. The largest absolute Gasteiger partial charge is 0.337 e. The minimum atomic E-state index is 0.242. The molecule has 2 heterocycles. The summed E-state index contributed by atoms with van der Waals surface area (Å²) in [5.74, 6) is 1.05. The van der Waals surface area contributed by atoms with E-state index in [0.29, 0.717) is 0 Å². The van der Waals surface area contributed by atoms with Gasteiger partial charge in [-0.15, -0.1) is 11.3 Å². The Balaban J connectivity index is 1.93. The third kappa shape index (κ3) is 2.43. The van der Waals surface area contributed by atoms with Crippen molar-refractivity contribution >= 4 is 11.3 Å². The Morgan fingerprint density at radius 1 is 1.53 bits per heavy atom. The number of nitrogens with zero attached hydrogens (tertiary/aromatic N) is 3. The second kappa shape index (κ2) is 4.55. The molecule has 0 saturated carbocycles. The second-order valence-corrected chi connectivity index (χ2v) is 4.20. The summed E-state index contributed by atoms with van der Waals surface area (Å²) in [6, 6.07) is 0.242. The molecule has 0 aliphatic carbocycles. The average molecular weight is 222 g/mol. The normalized spacial score (nSPS) is 12.9. The molecule has 5 heteroatoms. The number of hydrogen-bond donors (Lipinski definition) is 1. The maximum atomic E-state index is 4.30. The van der Waals surface area contributed by atoms with E-state index in [1.54, 1.807) is 11.3 Å². The van der Waals surface area contributed by atoms with Gasteiger partial charge < -0.3 is 9.88 Å². The molecule has 0 bridgehead atoms. The molecule has 4 nitrogen and oxygen atoms in total. The Labute approximate surface area is 93.0 Å². The van der Waals surface area contributed by atoms with Crippen LogP contribution < -0.4 is 5.32 Å². The van der Waals surface area contributed by atoms with E-state index < -0.39 is 0 Å². The lowest BCUT2D eigenvalue weighted by Gasteiger charge is -2.12. The molecule has 80 valence electrons. The highest BCUT2D eigenvalue weighted by molar-refractivity contribution is 7.07. The van der Waals surface area contributed by atoms with Crippen LogP contribution in [0.2, 0.25) is 0 Å². The van der Waals surface area contributed by atoms with Crippen molar-refractivity contribution in [3.63, 3.8) is 0 Å². The standard InChI is InChI=1S/C10H14N4S/c1-8(10-11-3-4-14(10)2)12-5-9-6-15-7-13-9/h3-4,6-8,12H,5H2,1-2H3. The minimum Gasteiger partial charge on any atom is -0.337 e. The summed E-state index contributed by atoms with van der Waals surface area (Å²) >= 11 is 1.62. The van der Waals surface area contributed by atoms with Gasteiger partial charge >= 0.3 is 0 Å². The molecular formula is C10H14N4S. The summed E-state index contributed by atoms with van der Waals surface area (Å²) in [4.78, 5) is 8.52. The molecule has 0 aromatic carbocycles. The van der Waals surface area contributed by atoms with Crippen LogP contribution in [-0.2, 0) is 13.6 Å². The van der Waals surface area contributed by atoms with Crippen LogP contribution in [0, 0.1) is 0 Å². The van der Waals surface area contributed by atoms with E-state index >= 15 is 0 Å². The zero-order valence-corrected chi connectivity index (χ0v) is 9.66. The van der Waals surface area contributed by atoms with Gasteiger partial charge in [-0.3, -0.25) is 0 Å². The van der Waals surface area contributed by atoms with Crippen LogP contribution in [0.1, 0.15) is 24.5 Å². The van der Waals surface area contributed by atoms with Gasteiger partial charge in [0.05, 0.1) is 17.2 Å². The van der Waals surface area contributed by atoms with Crippen LogP contribution in [0.25, 0.3) is 0 Å². The van der Waals surface area contributed by atoms with E-state index in [4.69, 9.17) is 0 Å². The molecular weight excluding hydrogens is 208 g/mol. The predicted octanol–water partition coefficient (Wildman–Crippen LogP) is 1.73. The fourth-order valence-corrected chi connectivity index (χ4v) is 2.03. The molecule has 0 aliphatic rings. The van der Waals surface area contributed by atoms with Gasteiger partial charge in [0, 0.05) is 31.4 Å². The lowest BCUT2D eigenvalue weighted by Crippen LogP contribution is -2.21. The summed E-state index contributed by atoms with van der Waals surface area (Å²) in [6.07, 6.45) is 3.77. The highest BCUT2D eigenvalue weighted by Gasteiger charge is 2.09. The molecule has 0 radical (unpaired) electrons. The van der Waals surface area contributed by atoms with Gasteiger partial charge in [-0.05, 0) is 6.92 Å². The Morgan fingerprint density at radius 3 is 3.00 bits per heavy atom. The van der Waals surface area contributed by atoms with Crippen LogP contribution in [0.4, 0.5) is 0 Å². The van der Waals surface area contributed by atoms with Crippen LogP contribution in [0.5, 0.6) is 0 Å². The molecule has 1 unspecified atom stereocenters. The summed E-state index contributed by atoms with van der Waals surface area (Å²) < 4.78 is 2.03. The van der Waals surface area contributed by atoms with E-state index in [1.165, 1.54) is 0 Å². The zero-order valence-electron chi connectivity index (χ0n) is 8.84. The van der Waals surface area contributed by atoms with Gasteiger partial charge in [-0.1, -0.05) is 0 Å². The van der Waals surface area contributed by atoms with Gasteiger partial charge in [0.2, 0.25) is 0 Å².